The second kappa shape index (κ2) is 5.09. The van der Waals surface area contributed by atoms with Crippen LogP contribution in [0, 0.1) is 0 Å². The highest BCUT2D eigenvalue weighted by molar-refractivity contribution is 9.10. The van der Waals surface area contributed by atoms with Crippen molar-refractivity contribution >= 4 is 31.6 Å². The summed E-state index contributed by atoms with van der Waals surface area (Å²) >= 11 is 3.20. The van der Waals surface area contributed by atoms with Crippen LogP contribution in [0.2, 0.25) is 0 Å². The number of nitrogens with zero attached hydrogens (tertiary/aromatic N) is 1. The number of aromatic nitrogens is 2. The number of benzene rings is 1. The van der Waals surface area contributed by atoms with Crippen LogP contribution in [0.4, 0.5) is 5.69 Å². The highest BCUT2D eigenvalue weighted by Crippen LogP contribution is 2.22. The van der Waals surface area contributed by atoms with Gasteiger partial charge in [-0.2, -0.15) is 5.10 Å². The van der Waals surface area contributed by atoms with Crippen molar-refractivity contribution in [3.05, 3.63) is 40.6 Å². The molecule has 4 N–H and O–H groups in total. The van der Waals surface area contributed by atoms with E-state index in [1.54, 1.807) is 12.4 Å². The van der Waals surface area contributed by atoms with Crippen LogP contribution in [-0.2, 0) is 16.6 Å². The number of rotatable bonds is 4. The third-order valence-electron chi connectivity index (χ3n) is 2.30. The number of nitrogens with one attached hydrogen (secondary N) is 2. The van der Waals surface area contributed by atoms with Crippen molar-refractivity contribution in [3.63, 3.8) is 0 Å². The van der Waals surface area contributed by atoms with Gasteiger partial charge in [-0.1, -0.05) is 0 Å². The van der Waals surface area contributed by atoms with Crippen molar-refractivity contribution in [3.8, 4) is 0 Å². The van der Waals surface area contributed by atoms with Gasteiger partial charge < -0.3 is 5.73 Å². The van der Waals surface area contributed by atoms with Gasteiger partial charge in [-0.25, -0.2) is 13.1 Å². The summed E-state index contributed by atoms with van der Waals surface area (Å²) in [5.41, 5.74) is 6.86. The molecule has 0 unspecified atom stereocenters. The van der Waals surface area contributed by atoms with E-state index in [1.165, 1.54) is 18.2 Å². The van der Waals surface area contributed by atoms with Gasteiger partial charge in [0.05, 0.1) is 11.1 Å². The Morgan fingerprint density at radius 3 is 2.83 bits per heavy atom. The molecule has 0 aliphatic carbocycles. The largest absolute Gasteiger partial charge is 0.398 e. The van der Waals surface area contributed by atoms with Gasteiger partial charge in [0, 0.05) is 28.5 Å². The first kappa shape index (κ1) is 13.1. The molecule has 2 rings (SSSR count). The maximum atomic E-state index is 12.0. The number of anilines is 1. The Kier molecular flexibility index (Phi) is 3.69. The molecule has 1 aromatic carbocycles. The normalized spacial score (nSPS) is 11.6. The lowest BCUT2D eigenvalue weighted by Crippen LogP contribution is -2.23. The van der Waals surface area contributed by atoms with Crippen molar-refractivity contribution in [2.75, 3.05) is 5.73 Å². The minimum Gasteiger partial charge on any atom is -0.398 e. The van der Waals surface area contributed by atoms with Crippen LogP contribution in [0.1, 0.15) is 5.56 Å². The molecule has 0 aliphatic rings. The third kappa shape index (κ3) is 2.89. The lowest BCUT2D eigenvalue weighted by atomic mass is 10.3. The number of hydrogen-bond acceptors (Lipinski definition) is 4. The molecule has 0 saturated heterocycles. The monoisotopic (exact) mass is 330 g/mol. The van der Waals surface area contributed by atoms with Gasteiger partial charge in [0.2, 0.25) is 10.0 Å². The summed E-state index contributed by atoms with van der Waals surface area (Å²) in [5.74, 6) is 0. The van der Waals surface area contributed by atoms with Crippen molar-refractivity contribution < 1.29 is 8.42 Å². The zero-order valence-corrected chi connectivity index (χ0v) is 11.6. The molecular formula is C10H11BrN4O2S. The maximum Gasteiger partial charge on any atom is 0.240 e. The zero-order chi connectivity index (χ0) is 13.2. The van der Waals surface area contributed by atoms with E-state index in [2.05, 4.69) is 30.8 Å². The number of sulfonamides is 1. The lowest BCUT2D eigenvalue weighted by molar-refractivity contribution is 0.581. The number of hydrogen-bond donors (Lipinski definition) is 3. The van der Waals surface area contributed by atoms with E-state index in [0.717, 1.165) is 5.56 Å². The van der Waals surface area contributed by atoms with Gasteiger partial charge in [0.1, 0.15) is 0 Å². The van der Waals surface area contributed by atoms with Gasteiger partial charge in [0.15, 0.2) is 0 Å². The Labute approximate surface area is 113 Å². The van der Waals surface area contributed by atoms with Crippen molar-refractivity contribution in [1.29, 1.82) is 0 Å². The first-order chi connectivity index (χ1) is 8.49. The molecule has 0 aliphatic heterocycles. The summed E-state index contributed by atoms with van der Waals surface area (Å²) in [4.78, 5) is 0.159. The molecule has 1 heterocycles. The number of halogens is 1. The van der Waals surface area contributed by atoms with Crippen molar-refractivity contribution in [2.45, 2.75) is 11.4 Å². The van der Waals surface area contributed by atoms with Gasteiger partial charge in [-0.3, -0.25) is 5.10 Å². The average Bonchev–Trinajstić information content (AvgIpc) is 2.83. The quantitative estimate of drug-likeness (QED) is 0.734. The predicted octanol–water partition coefficient (Wildman–Crippen LogP) is 1.23. The summed E-state index contributed by atoms with van der Waals surface area (Å²) in [7, 11) is -3.55. The van der Waals surface area contributed by atoms with Gasteiger partial charge >= 0.3 is 0 Å². The van der Waals surface area contributed by atoms with Gasteiger partial charge in [-0.15, -0.1) is 0 Å². The standard InChI is InChI=1S/C10H11BrN4O2S/c11-9-3-8(1-2-10(9)12)18(16,17)15-6-7-4-13-14-5-7/h1-5,15H,6,12H2,(H,13,14). The molecule has 0 fully saturated rings. The molecule has 2 aromatic rings. The van der Waals surface area contributed by atoms with Crippen LogP contribution < -0.4 is 10.5 Å². The fraction of sp³-hybridized carbons (Fsp3) is 0.100. The smallest absolute Gasteiger partial charge is 0.240 e. The Hall–Kier alpha value is -1.38. The van der Waals surface area contributed by atoms with Crippen LogP contribution >= 0.6 is 15.9 Å². The second-order valence-corrected chi connectivity index (χ2v) is 6.24. The maximum absolute atomic E-state index is 12.0. The highest BCUT2D eigenvalue weighted by Gasteiger charge is 2.14. The Morgan fingerprint density at radius 2 is 2.22 bits per heavy atom. The molecule has 1 aromatic heterocycles. The summed E-state index contributed by atoms with van der Waals surface area (Å²) in [5, 5.41) is 6.35. The van der Waals surface area contributed by atoms with Gasteiger partial charge in [0.25, 0.3) is 0 Å². The van der Waals surface area contributed by atoms with E-state index in [0.29, 0.717) is 10.2 Å². The van der Waals surface area contributed by atoms with Crippen LogP contribution in [0.5, 0.6) is 0 Å². The minimum absolute atomic E-state index is 0.159. The molecular weight excluding hydrogens is 320 g/mol. The fourth-order valence-electron chi connectivity index (χ4n) is 1.31. The molecule has 0 atom stereocenters. The third-order valence-corrected chi connectivity index (χ3v) is 4.39. The summed E-state index contributed by atoms with van der Waals surface area (Å²) in [6, 6.07) is 4.46. The highest BCUT2D eigenvalue weighted by atomic mass is 79.9. The number of H-pyrrole nitrogens is 1. The minimum atomic E-state index is -3.55. The number of nitrogens with two attached hydrogens (primary N) is 1. The molecule has 6 nitrogen and oxygen atoms in total. The summed E-state index contributed by atoms with van der Waals surface area (Å²) in [6.45, 7) is 0.181. The van der Waals surface area contributed by atoms with E-state index in [9.17, 15) is 8.42 Å². The van der Waals surface area contributed by atoms with E-state index < -0.39 is 10.0 Å². The summed E-state index contributed by atoms with van der Waals surface area (Å²) < 4.78 is 27.0. The van der Waals surface area contributed by atoms with Crippen LogP contribution in [0.25, 0.3) is 0 Å². The SMILES string of the molecule is Nc1ccc(S(=O)(=O)NCc2cn[nH]c2)cc1Br. The Bertz CT molecular complexity index is 640. The fourth-order valence-corrected chi connectivity index (χ4v) is 2.88. The van der Waals surface area contributed by atoms with Crippen LogP contribution in [0.15, 0.2) is 40.0 Å². The zero-order valence-electron chi connectivity index (χ0n) is 9.22. The van der Waals surface area contributed by atoms with Crippen molar-refractivity contribution in [1.82, 2.24) is 14.9 Å². The number of nitrogen functional groups attached to an aromatic ring is 1. The van der Waals surface area contributed by atoms with E-state index >= 15 is 0 Å². The molecule has 96 valence electrons. The molecule has 0 saturated carbocycles. The lowest BCUT2D eigenvalue weighted by Gasteiger charge is -2.07. The predicted molar refractivity (Wildman–Crippen MR) is 71.2 cm³/mol. The Balaban J connectivity index is 2.17. The summed E-state index contributed by atoms with van der Waals surface area (Å²) in [6.07, 6.45) is 3.18. The second-order valence-electron chi connectivity index (χ2n) is 3.61. The molecule has 18 heavy (non-hydrogen) atoms. The van der Waals surface area contributed by atoms with Gasteiger partial charge in [-0.05, 0) is 34.1 Å². The van der Waals surface area contributed by atoms with Crippen LogP contribution in [-0.4, -0.2) is 18.6 Å². The van der Waals surface area contributed by atoms with Crippen LogP contribution in [0.3, 0.4) is 0 Å². The molecule has 0 bridgehead atoms. The molecule has 0 amide bonds. The Morgan fingerprint density at radius 1 is 1.44 bits per heavy atom. The molecule has 0 radical (unpaired) electrons. The topological polar surface area (TPSA) is 101 Å². The van der Waals surface area contributed by atoms with E-state index in [4.69, 9.17) is 5.73 Å². The van der Waals surface area contributed by atoms with E-state index in [1.807, 2.05) is 0 Å². The average molecular weight is 331 g/mol. The van der Waals surface area contributed by atoms with E-state index in [-0.39, 0.29) is 11.4 Å². The molecule has 0 spiro atoms. The first-order valence-electron chi connectivity index (χ1n) is 5.01. The first-order valence-corrected chi connectivity index (χ1v) is 7.29. The molecule has 8 heteroatoms. The van der Waals surface area contributed by atoms with Crippen molar-refractivity contribution in [2.24, 2.45) is 0 Å². The number of aromatic amines is 1.